The monoisotopic (exact) mass is 244 g/mol. The third kappa shape index (κ3) is 3.12. The summed E-state index contributed by atoms with van der Waals surface area (Å²) in [5, 5.41) is 0. The van der Waals surface area contributed by atoms with Crippen LogP contribution in [0, 0.1) is 5.82 Å². The fourth-order valence-electron chi connectivity index (χ4n) is 1.97. The number of benzene rings is 1. The molecule has 1 aliphatic heterocycles. The van der Waals surface area contributed by atoms with Gasteiger partial charge in [-0.1, -0.05) is 6.07 Å². The van der Waals surface area contributed by atoms with E-state index in [0.717, 1.165) is 0 Å². The Morgan fingerprint density at radius 2 is 1.88 bits per heavy atom. The van der Waals surface area contributed by atoms with Gasteiger partial charge in [-0.2, -0.15) is 0 Å². The van der Waals surface area contributed by atoms with Crippen molar-refractivity contribution in [2.45, 2.75) is 25.3 Å². The summed E-state index contributed by atoms with van der Waals surface area (Å²) in [7, 11) is 0. The Bertz CT molecular complexity index is 397. The van der Waals surface area contributed by atoms with E-state index < -0.39 is 5.92 Å². The molecule has 1 aromatic carbocycles. The summed E-state index contributed by atoms with van der Waals surface area (Å²) >= 11 is 0. The number of anilines is 1. The lowest BCUT2D eigenvalue weighted by Gasteiger charge is -2.31. The van der Waals surface area contributed by atoms with E-state index in [4.69, 9.17) is 5.73 Å². The molecule has 2 N–H and O–H groups in total. The van der Waals surface area contributed by atoms with Crippen LogP contribution in [0.3, 0.4) is 0 Å². The molecule has 2 nitrogen and oxygen atoms in total. The van der Waals surface area contributed by atoms with E-state index in [1.807, 2.05) is 4.90 Å². The number of nitrogen functional groups attached to an aromatic ring is 1. The highest BCUT2D eigenvalue weighted by Gasteiger charge is 2.33. The molecule has 0 amide bonds. The van der Waals surface area contributed by atoms with E-state index in [1.54, 1.807) is 12.1 Å². The Balaban J connectivity index is 1.98. The van der Waals surface area contributed by atoms with E-state index in [1.165, 1.54) is 6.07 Å². The number of rotatable bonds is 2. The van der Waals surface area contributed by atoms with Gasteiger partial charge in [-0.15, -0.1) is 0 Å². The minimum Gasteiger partial charge on any atom is -0.399 e. The molecule has 5 heteroatoms. The second-order valence-corrected chi connectivity index (χ2v) is 4.48. The SMILES string of the molecule is Nc1ccc(CN2CCC(F)(F)CC2)c(F)c1. The van der Waals surface area contributed by atoms with Gasteiger partial charge >= 0.3 is 0 Å². The van der Waals surface area contributed by atoms with E-state index in [-0.39, 0.29) is 18.7 Å². The first-order chi connectivity index (χ1) is 7.96. The zero-order valence-corrected chi connectivity index (χ0v) is 9.43. The lowest BCUT2D eigenvalue weighted by atomic mass is 10.1. The average molecular weight is 244 g/mol. The van der Waals surface area contributed by atoms with Gasteiger partial charge in [0.25, 0.3) is 5.92 Å². The number of hydrogen-bond donors (Lipinski definition) is 1. The fourth-order valence-corrected chi connectivity index (χ4v) is 1.97. The standard InChI is InChI=1S/C12H15F3N2/c13-11-7-10(16)2-1-9(11)8-17-5-3-12(14,15)4-6-17/h1-2,7H,3-6,8,16H2. The van der Waals surface area contributed by atoms with Crippen molar-refractivity contribution in [3.63, 3.8) is 0 Å². The first-order valence-corrected chi connectivity index (χ1v) is 5.60. The van der Waals surface area contributed by atoms with Crippen molar-refractivity contribution in [2.24, 2.45) is 0 Å². The normalized spacial score (nSPS) is 20.4. The Kier molecular flexibility index (Phi) is 3.28. The van der Waals surface area contributed by atoms with Gasteiger partial charge in [-0.25, -0.2) is 13.2 Å². The molecule has 0 saturated carbocycles. The van der Waals surface area contributed by atoms with Crippen molar-refractivity contribution in [2.75, 3.05) is 18.8 Å². The smallest absolute Gasteiger partial charge is 0.250 e. The molecule has 0 bridgehead atoms. The van der Waals surface area contributed by atoms with Crippen LogP contribution in [-0.4, -0.2) is 23.9 Å². The van der Waals surface area contributed by atoms with Gasteiger partial charge in [-0.05, 0) is 12.1 Å². The zero-order chi connectivity index (χ0) is 12.5. The first-order valence-electron chi connectivity index (χ1n) is 5.60. The van der Waals surface area contributed by atoms with Crippen LogP contribution >= 0.6 is 0 Å². The first kappa shape index (κ1) is 12.2. The maximum atomic E-state index is 13.5. The van der Waals surface area contributed by atoms with E-state index in [2.05, 4.69) is 0 Å². The van der Waals surface area contributed by atoms with Crippen LogP contribution in [0.4, 0.5) is 18.9 Å². The van der Waals surface area contributed by atoms with Crippen molar-refractivity contribution >= 4 is 5.69 Å². The molecule has 1 aliphatic rings. The predicted octanol–water partition coefficient (Wildman–Crippen LogP) is 2.64. The highest BCUT2D eigenvalue weighted by molar-refractivity contribution is 5.40. The number of piperidine rings is 1. The summed E-state index contributed by atoms with van der Waals surface area (Å²) < 4.78 is 39.4. The van der Waals surface area contributed by atoms with Crippen LogP contribution in [0.25, 0.3) is 0 Å². The molecule has 1 saturated heterocycles. The van der Waals surface area contributed by atoms with Crippen LogP contribution in [0.15, 0.2) is 18.2 Å². The molecule has 2 rings (SSSR count). The minimum absolute atomic E-state index is 0.149. The fraction of sp³-hybridized carbons (Fsp3) is 0.500. The molecular weight excluding hydrogens is 229 g/mol. The van der Waals surface area contributed by atoms with Gasteiger partial charge in [-0.3, -0.25) is 4.90 Å². The summed E-state index contributed by atoms with van der Waals surface area (Å²) in [6.45, 7) is 0.968. The van der Waals surface area contributed by atoms with Crippen molar-refractivity contribution in [1.82, 2.24) is 4.90 Å². The number of nitrogens with zero attached hydrogens (tertiary/aromatic N) is 1. The van der Waals surface area contributed by atoms with Crippen LogP contribution in [0.2, 0.25) is 0 Å². The molecule has 1 fully saturated rings. The van der Waals surface area contributed by atoms with E-state index in [0.29, 0.717) is 30.9 Å². The van der Waals surface area contributed by atoms with Gasteiger partial charge in [0.2, 0.25) is 0 Å². The molecule has 1 heterocycles. The number of nitrogens with two attached hydrogens (primary N) is 1. The average Bonchev–Trinajstić information content (AvgIpc) is 2.25. The molecule has 0 aliphatic carbocycles. The van der Waals surface area contributed by atoms with E-state index >= 15 is 0 Å². The molecule has 0 aromatic heterocycles. The van der Waals surface area contributed by atoms with Crippen LogP contribution in [0.5, 0.6) is 0 Å². The Hall–Kier alpha value is -1.23. The van der Waals surface area contributed by atoms with Crippen LogP contribution < -0.4 is 5.73 Å². The largest absolute Gasteiger partial charge is 0.399 e. The van der Waals surface area contributed by atoms with Gasteiger partial charge < -0.3 is 5.73 Å². The predicted molar refractivity (Wildman–Crippen MR) is 60.3 cm³/mol. The van der Waals surface area contributed by atoms with Gasteiger partial charge in [0, 0.05) is 43.7 Å². The van der Waals surface area contributed by atoms with Crippen LogP contribution in [0.1, 0.15) is 18.4 Å². The van der Waals surface area contributed by atoms with Crippen molar-refractivity contribution in [3.05, 3.63) is 29.6 Å². The number of hydrogen-bond acceptors (Lipinski definition) is 2. The molecular formula is C12H15F3N2. The lowest BCUT2D eigenvalue weighted by Crippen LogP contribution is -2.38. The molecule has 0 radical (unpaired) electrons. The summed E-state index contributed by atoms with van der Waals surface area (Å²) in [4.78, 5) is 1.84. The van der Waals surface area contributed by atoms with Crippen LogP contribution in [-0.2, 0) is 6.54 Å². The Labute approximate surface area is 98.2 Å². The van der Waals surface area contributed by atoms with Gasteiger partial charge in [0.1, 0.15) is 5.82 Å². The summed E-state index contributed by atoms with van der Waals surface area (Å²) in [6, 6.07) is 4.49. The number of halogens is 3. The lowest BCUT2D eigenvalue weighted by molar-refractivity contribution is -0.0567. The highest BCUT2D eigenvalue weighted by Crippen LogP contribution is 2.28. The summed E-state index contributed by atoms with van der Waals surface area (Å²) in [5.74, 6) is -2.93. The molecule has 94 valence electrons. The molecule has 0 unspecified atom stereocenters. The number of alkyl halides is 2. The summed E-state index contributed by atoms with van der Waals surface area (Å²) in [5.41, 5.74) is 6.32. The number of likely N-dealkylation sites (tertiary alicyclic amines) is 1. The van der Waals surface area contributed by atoms with Crippen molar-refractivity contribution in [3.8, 4) is 0 Å². The van der Waals surface area contributed by atoms with Crippen molar-refractivity contribution in [1.29, 1.82) is 0 Å². The molecule has 17 heavy (non-hydrogen) atoms. The third-order valence-corrected chi connectivity index (χ3v) is 3.06. The quantitative estimate of drug-likeness (QED) is 0.810. The van der Waals surface area contributed by atoms with E-state index in [9.17, 15) is 13.2 Å². The van der Waals surface area contributed by atoms with Crippen molar-refractivity contribution < 1.29 is 13.2 Å². The van der Waals surface area contributed by atoms with Gasteiger partial charge in [0.05, 0.1) is 0 Å². The Morgan fingerprint density at radius 1 is 1.24 bits per heavy atom. The third-order valence-electron chi connectivity index (χ3n) is 3.06. The topological polar surface area (TPSA) is 29.3 Å². The maximum absolute atomic E-state index is 13.5. The minimum atomic E-state index is -2.56. The Morgan fingerprint density at radius 3 is 2.47 bits per heavy atom. The zero-order valence-electron chi connectivity index (χ0n) is 9.43. The molecule has 0 spiro atoms. The molecule has 0 atom stereocenters. The molecule has 1 aromatic rings. The highest BCUT2D eigenvalue weighted by atomic mass is 19.3. The second kappa shape index (κ2) is 4.56. The van der Waals surface area contributed by atoms with Gasteiger partial charge in [0.15, 0.2) is 0 Å². The summed E-state index contributed by atoms with van der Waals surface area (Å²) in [6.07, 6.45) is -0.298. The maximum Gasteiger partial charge on any atom is 0.250 e. The second-order valence-electron chi connectivity index (χ2n) is 4.48.